The second-order valence-corrected chi connectivity index (χ2v) is 2.91. The first-order chi connectivity index (χ1) is 4.74. The highest BCUT2D eigenvalue weighted by Crippen LogP contribution is 2.25. The molecular weight excluding hydrogens is 126 g/mol. The van der Waals surface area contributed by atoms with Crippen LogP contribution in [0.1, 0.15) is 19.8 Å². The average Bonchev–Trinajstić information content (AvgIpc) is 1.96. The van der Waals surface area contributed by atoms with Crippen molar-refractivity contribution < 1.29 is 0 Å². The van der Waals surface area contributed by atoms with Gasteiger partial charge in [0.15, 0.2) is 5.96 Å². The van der Waals surface area contributed by atoms with Crippen LogP contribution >= 0.6 is 0 Å². The molecule has 58 valence electrons. The molecule has 0 spiro atoms. The largest absolute Gasteiger partial charge is 0.370 e. The number of nitrogens with one attached hydrogen (secondary N) is 1. The van der Waals surface area contributed by atoms with Crippen LogP contribution in [0.25, 0.3) is 0 Å². The molecule has 1 rings (SSSR count). The van der Waals surface area contributed by atoms with Crippen LogP contribution in [0.15, 0.2) is 4.99 Å². The highest BCUT2D eigenvalue weighted by atomic mass is 15.1. The predicted octanol–water partition coefficient (Wildman–Crippen LogP) is 0.319. The Labute approximate surface area is 61.7 Å². The third-order valence-electron chi connectivity index (χ3n) is 2.19. The molecule has 10 heavy (non-hydrogen) atoms. The van der Waals surface area contributed by atoms with E-state index in [4.69, 9.17) is 5.73 Å². The third kappa shape index (κ3) is 1.40. The molecule has 0 aliphatic heterocycles. The van der Waals surface area contributed by atoms with Gasteiger partial charge in [0, 0.05) is 13.1 Å². The smallest absolute Gasteiger partial charge is 0.188 e. The summed E-state index contributed by atoms with van der Waals surface area (Å²) in [6, 6.07) is 0.573. The van der Waals surface area contributed by atoms with Gasteiger partial charge in [-0.1, -0.05) is 6.92 Å². The SMILES string of the molecule is CN=C(N)NC1CCC1C. The van der Waals surface area contributed by atoms with Crippen LogP contribution in [-0.4, -0.2) is 19.0 Å². The van der Waals surface area contributed by atoms with Crippen molar-refractivity contribution in [1.29, 1.82) is 0 Å². The second kappa shape index (κ2) is 2.90. The monoisotopic (exact) mass is 141 g/mol. The molecule has 3 heteroatoms. The van der Waals surface area contributed by atoms with E-state index < -0.39 is 0 Å². The summed E-state index contributed by atoms with van der Waals surface area (Å²) in [5.41, 5.74) is 5.48. The van der Waals surface area contributed by atoms with Crippen molar-refractivity contribution in [2.75, 3.05) is 7.05 Å². The molecule has 0 aromatic heterocycles. The van der Waals surface area contributed by atoms with Crippen LogP contribution in [0.5, 0.6) is 0 Å². The van der Waals surface area contributed by atoms with Crippen LogP contribution < -0.4 is 11.1 Å². The summed E-state index contributed by atoms with van der Waals surface area (Å²) in [5.74, 6) is 1.33. The van der Waals surface area contributed by atoms with E-state index in [-0.39, 0.29) is 0 Å². The molecule has 0 heterocycles. The minimum absolute atomic E-state index is 0.566. The summed E-state index contributed by atoms with van der Waals surface area (Å²) in [6.45, 7) is 2.23. The van der Waals surface area contributed by atoms with Gasteiger partial charge >= 0.3 is 0 Å². The molecule has 2 unspecified atom stereocenters. The summed E-state index contributed by atoms with van der Waals surface area (Å²) in [4.78, 5) is 3.83. The van der Waals surface area contributed by atoms with Crippen molar-refractivity contribution in [3.8, 4) is 0 Å². The maximum Gasteiger partial charge on any atom is 0.188 e. The fraction of sp³-hybridized carbons (Fsp3) is 0.857. The number of guanidine groups is 1. The topological polar surface area (TPSA) is 50.4 Å². The molecule has 0 radical (unpaired) electrons. The van der Waals surface area contributed by atoms with Crippen molar-refractivity contribution in [3.63, 3.8) is 0 Å². The van der Waals surface area contributed by atoms with E-state index in [9.17, 15) is 0 Å². The van der Waals surface area contributed by atoms with Crippen LogP contribution in [0.2, 0.25) is 0 Å². The first-order valence-corrected chi connectivity index (χ1v) is 3.73. The lowest BCUT2D eigenvalue weighted by molar-refractivity contribution is 0.257. The van der Waals surface area contributed by atoms with Gasteiger partial charge in [-0.05, 0) is 18.8 Å². The fourth-order valence-corrected chi connectivity index (χ4v) is 1.14. The van der Waals surface area contributed by atoms with Crippen LogP contribution in [0.3, 0.4) is 0 Å². The van der Waals surface area contributed by atoms with E-state index in [1.807, 2.05) is 0 Å². The molecule has 0 bridgehead atoms. The molecule has 3 nitrogen and oxygen atoms in total. The molecule has 0 aromatic rings. The lowest BCUT2D eigenvalue weighted by Crippen LogP contribution is -2.48. The van der Waals surface area contributed by atoms with Crippen LogP contribution in [-0.2, 0) is 0 Å². The van der Waals surface area contributed by atoms with Gasteiger partial charge in [0.05, 0.1) is 0 Å². The van der Waals surface area contributed by atoms with Gasteiger partial charge in [-0.15, -0.1) is 0 Å². The van der Waals surface area contributed by atoms with Crippen molar-refractivity contribution in [2.24, 2.45) is 16.6 Å². The zero-order valence-corrected chi connectivity index (χ0v) is 6.59. The van der Waals surface area contributed by atoms with Gasteiger partial charge in [-0.3, -0.25) is 4.99 Å². The predicted molar refractivity (Wildman–Crippen MR) is 42.9 cm³/mol. The molecule has 1 saturated carbocycles. The number of nitrogens with two attached hydrogens (primary N) is 1. The van der Waals surface area contributed by atoms with Crippen LogP contribution in [0.4, 0.5) is 0 Å². The molecule has 1 aliphatic rings. The van der Waals surface area contributed by atoms with Gasteiger partial charge in [0.1, 0.15) is 0 Å². The Morgan fingerprint density at radius 3 is 2.60 bits per heavy atom. The minimum Gasteiger partial charge on any atom is -0.370 e. The Hall–Kier alpha value is -0.730. The molecule has 0 saturated heterocycles. The quantitative estimate of drug-likeness (QED) is 0.408. The summed E-state index contributed by atoms with van der Waals surface area (Å²) in [5, 5.41) is 3.14. The van der Waals surface area contributed by atoms with Crippen molar-refractivity contribution in [1.82, 2.24) is 5.32 Å². The van der Waals surface area contributed by atoms with E-state index in [1.165, 1.54) is 12.8 Å². The molecule has 1 aliphatic carbocycles. The Bertz CT molecular complexity index is 142. The summed E-state index contributed by atoms with van der Waals surface area (Å²) in [7, 11) is 1.70. The highest BCUT2D eigenvalue weighted by Gasteiger charge is 2.26. The summed E-state index contributed by atoms with van der Waals surface area (Å²) >= 11 is 0. The number of rotatable bonds is 1. The van der Waals surface area contributed by atoms with E-state index in [0.29, 0.717) is 12.0 Å². The normalized spacial score (nSPS) is 33.2. The van der Waals surface area contributed by atoms with Gasteiger partial charge in [0.25, 0.3) is 0 Å². The number of hydrogen-bond acceptors (Lipinski definition) is 1. The number of nitrogens with zero attached hydrogens (tertiary/aromatic N) is 1. The highest BCUT2D eigenvalue weighted by molar-refractivity contribution is 5.78. The maximum atomic E-state index is 5.48. The lowest BCUT2D eigenvalue weighted by atomic mass is 9.81. The van der Waals surface area contributed by atoms with E-state index in [1.54, 1.807) is 7.05 Å². The fourth-order valence-electron chi connectivity index (χ4n) is 1.14. The third-order valence-corrected chi connectivity index (χ3v) is 2.19. The molecule has 3 N–H and O–H groups in total. The molecule has 0 amide bonds. The van der Waals surface area contributed by atoms with E-state index in [2.05, 4.69) is 17.2 Å². The maximum absolute atomic E-state index is 5.48. The zero-order chi connectivity index (χ0) is 7.56. The van der Waals surface area contributed by atoms with Crippen molar-refractivity contribution >= 4 is 5.96 Å². The van der Waals surface area contributed by atoms with Gasteiger partial charge in [0.2, 0.25) is 0 Å². The number of hydrogen-bond donors (Lipinski definition) is 2. The van der Waals surface area contributed by atoms with Crippen LogP contribution in [0, 0.1) is 5.92 Å². The lowest BCUT2D eigenvalue weighted by Gasteiger charge is -2.34. The zero-order valence-electron chi connectivity index (χ0n) is 6.59. The van der Waals surface area contributed by atoms with E-state index >= 15 is 0 Å². The van der Waals surface area contributed by atoms with Crippen molar-refractivity contribution in [2.45, 2.75) is 25.8 Å². The Balaban J connectivity index is 2.25. The molecule has 2 atom stereocenters. The van der Waals surface area contributed by atoms with Gasteiger partial charge in [-0.25, -0.2) is 0 Å². The van der Waals surface area contributed by atoms with Gasteiger partial charge < -0.3 is 11.1 Å². The first-order valence-electron chi connectivity index (χ1n) is 3.73. The Morgan fingerprint density at radius 1 is 1.60 bits per heavy atom. The number of aliphatic imine (C=N–C) groups is 1. The molecule has 1 fully saturated rings. The van der Waals surface area contributed by atoms with E-state index in [0.717, 1.165) is 5.92 Å². The summed E-state index contributed by atoms with van der Waals surface area (Å²) < 4.78 is 0. The first kappa shape index (κ1) is 7.38. The second-order valence-electron chi connectivity index (χ2n) is 2.91. The Kier molecular flexibility index (Phi) is 2.14. The molecular formula is C7H15N3. The summed E-state index contributed by atoms with van der Waals surface area (Å²) in [6.07, 6.45) is 2.55. The molecule has 0 aromatic carbocycles. The minimum atomic E-state index is 0.566. The van der Waals surface area contributed by atoms with Crippen molar-refractivity contribution in [3.05, 3.63) is 0 Å². The average molecular weight is 141 g/mol. The van der Waals surface area contributed by atoms with Gasteiger partial charge in [-0.2, -0.15) is 0 Å². The standard InChI is InChI=1S/C7H15N3/c1-5-3-4-6(5)10-7(8)9-2/h5-6H,3-4H2,1-2H3,(H3,8,9,10). The Morgan fingerprint density at radius 2 is 2.30 bits per heavy atom.